The van der Waals surface area contributed by atoms with Crippen molar-refractivity contribution < 1.29 is 19.4 Å². The minimum Gasteiger partial charge on any atom is -0.457 e. The van der Waals surface area contributed by atoms with Crippen molar-refractivity contribution in [1.82, 2.24) is 19.1 Å². The van der Waals surface area contributed by atoms with E-state index in [9.17, 15) is 14.7 Å². The fourth-order valence-corrected chi connectivity index (χ4v) is 4.63. The van der Waals surface area contributed by atoms with Gasteiger partial charge < -0.3 is 24.5 Å². The number of pyridine rings is 2. The van der Waals surface area contributed by atoms with E-state index in [1.165, 1.54) is 6.92 Å². The van der Waals surface area contributed by atoms with Gasteiger partial charge in [-0.15, -0.1) is 0 Å². The number of fused-ring (bicyclic) bond motifs is 1. The first-order chi connectivity index (χ1) is 17.8. The number of hydrogen-bond acceptors (Lipinski definition) is 7. The lowest BCUT2D eigenvalue weighted by molar-refractivity contribution is -0.114. The number of carbonyl (C=O) groups excluding carboxylic acids is 1. The van der Waals surface area contributed by atoms with Gasteiger partial charge in [-0.2, -0.15) is 4.98 Å². The van der Waals surface area contributed by atoms with Crippen LogP contribution in [0.2, 0.25) is 0 Å². The fraction of sp³-hybridized carbons (Fsp3) is 0.333. The summed E-state index contributed by atoms with van der Waals surface area (Å²) in [5.74, 6) is 1.96. The van der Waals surface area contributed by atoms with Gasteiger partial charge in [0, 0.05) is 44.5 Å². The van der Waals surface area contributed by atoms with Crippen LogP contribution in [0.15, 0.2) is 53.6 Å². The highest BCUT2D eigenvalue weighted by atomic mass is 16.5. The number of nitrogens with zero attached hydrogens (tertiary/aromatic N) is 4. The Kier molecular flexibility index (Phi) is 5.68. The van der Waals surface area contributed by atoms with Crippen LogP contribution >= 0.6 is 0 Å². The van der Waals surface area contributed by atoms with Crippen LogP contribution in [0.4, 0.5) is 5.82 Å². The number of aromatic nitrogens is 4. The monoisotopic (exact) mass is 501 g/mol. The number of aliphatic hydroxyl groups excluding tert-OH is 1. The van der Waals surface area contributed by atoms with Gasteiger partial charge in [-0.1, -0.05) is 0 Å². The van der Waals surface area contributed by atoms with Crippen LogP contribution in [0.5, 0.6) is 23.3 Å². The van der Waals surface area contributed by atoms with Crippen LogP contribution in [-0.2, 0) is 11.8 Å². The Bertz CT molecular complexity index is 1570. The molecule has 37 heavy (non-hydrogen) atoms. The molecule has 1 amide bonds. The van der Waals surface area contributed by atoms with Crippen molar-refractivity contribution in [2.24, 2.45) is 7.05 Å². The number of nitrogens with one attached hydrogen (secondary N) is 1. The molecular formula is C27H27N5O5. The summed E-state index contributed by atoms with van der Waals surface area (Å²) in [4.78, 5) is 33.3. The molecule has 2 aliphatic rings. The van der Waals surface area contributed by atoms with Crippen molar-refractivity contribution in [2.75, 3.05) is 5.32 Å². The average Bonchev–Trinajstić information content (AvgIpc) is 3.64. The molecule has 2 N–H and O–H groups in total. The first-order valence-corrected chi connectivity index (χ1v) is 12.3. The summed E-state index contributed by atoms with van der Waals surface area (Å²) in [6.45, 7) is 1.42. The third-order valence-electron chi connectivity index (χ3n) is 6.85. The molecule has 0 aliphatic heterocycles. The van der Waals surface area contributed by atoms with Crippen molar-refractivity contribution in [3.63, 3.8) is 0 Å². The molecule has 2 fully saturated rings. The maximum Gasteiger partial charge on any atom is 0.302 e. The van der Waals surface area contributed by atoms with Crippen molar-refractivity contribution in [3.8, 4) is 23.3 Å². The van der Waals surface area contributed by atoms with Crippen molar-refractivity contribution in [3.05, 3.63) is 64.7 Å². The van der Waals surface area contributed by atoms with E-state index in [1.54, 1.807) is 33.5 Å². The summed E-state index contributed by atoms with van der Waals surface area (Å²) in [6, 6.07) is 10.9. The normalized spacial score (nSPS) is 18.9. The largest absolute Gasteiger partial charge is 0.457 e. The molecule has 0 atom stereocenters. The molecule has 0 radical (unpaired) electrons. The Morgan fingerprint density at radius 2 is 1.89 bits per heavy atom. The molecule has 0 saturated heterocycles. The van der Waals surface area contributed by atoms with Gasteiger partial charge in [-0.25, -0.2) is 4.98 Å². The number of anilines is 1. The molecule has 6 rings (SSSR count). The molecule has 10 heteroatoms. The number of aliphatic hydroxyl groups is 1. The highest BCUT2D eigenvalue weighted by molar-refractivity contribution is 5.87. The highest BCUT2D eigenvalue weighted by Gasteiger charge is 2.32. The SMILES string of the molecule is CC(=O)Nc1cc(Oc2ccc3nc(Oc4cc(C5CC5)cn([C@H]5C[C@@H](O)C5)c4=O)n(C)c3c2)ccn1. The molecular weight excluding hydrogens is 474 g/mol. The molecule has 190 valence electrons. The summed E-state index contributed by atoms with van der Waals surface area (Å²) in [5.41, 5.74) is 2.33. The van der Waals surface area contributed by atoms with Gasteiger partial charge in [-0.3, -0.25) is 14.2 Å². The number of aryl methyl sites for hydroxylation is 1. The van der Waals surface area contributed by atoms with E-state index in [2.05, 4.69) is 15.3 Å². The third kappa shape index (κ3) is 4.67. The Balaban J connectivity index is 1.29. The number of imidazole rings is 1. The van der Waals surface area contributed by atoms with Crippen LogP contribution in [-0.4, -0.2) is 36.2 Å². The third-order valence-corrected chi connectivity index (χ3v) is 6.85. The van der Waals surface area contributed by atoms with Crippen LogP contribution < -0.4 is 20.3 Å². The predicted octanol–water partition coefficient (Wildman–Crippen LogP) is 4.25. The Morgan fingerprint density at radius 1 is 1.11 bits per heavy atom. The molecule has 4 aromatic rings. The van der Waals surface area contributed by atoms with E-state index in [0.29, 0.717) is 47.6 Å². The van der Waals surface area contributed by atoms with Crippen LogP contribution in [0.1, 0.15) is 50.1 Å². The van der Waals surface area contributed by atoms with Gasteiger partial charge in [0.25, 0.3) is 5.56 Å². The van der Waals surface area contributed by atoms with Crippen LogP contribution in [0.25, 0.3) is 11.0 Å². The zero-order chi connectivity index (χ0) is 25.7. The molecule has 0 bridgehead atoms. The van der Waals surface area contributed by atoms with E-state index in [0.717, 1.165) is 23.9 Å². The molecule has 10 nitrogen and oxygen atoms in total. The topological polar surface area (TPSA) is 121 Å². The van der Waals surface area contributed by atoms with E-state index in [-0.39, 0.29) is 29.4 Å². The molecule has 1 aromatic carbocycles. The fourth-order valence-electron chi connectivity index (χ4n) is 4.63. The summed E-state index contributed by atoms with van der Waals surface area (Å²) < 4.78 is 15.6. The summed E-state index contributed by atoms with van der Waals surface area (Å²) in [6.07, 6.45) is 6.48. The Morgan fingerprint density at radius 3 is 2.62 bits per heavy atom. The maximum atomic E-state index is 13.3. The average molecular weight is 502 g/mol. The number of hydrogen-bond donors (Lipinski definition) is 2. The molecule has 3 aromatic heterocycles. The lowest BCUT2D eigenvalue weighted by Gasteiger charge is -2.33. The lowest BCUT2D eigenvalue weighted by Crippen LogP contribution is -2.36. The first kappa shape index (κ1) is 23.2. The molecule has 3 heterocycles. The standard InChI is InChI=1S/C27H27N5O5/c1-15(33)29-25-13-21(7-8-28-25)36-20-5-6-22-23(12-20)31(2)27(30-22)37-24-9-17(16-3-4-16)14-32(26(24)35)18-10-19(34)11-18/h5-9,12-14,16,18-19,34H,3-4,10-11H2,1-2H3,(H,28,29,33)/t18-,19+. The van der Waals surface area contributed by atoms with Gasteiger partial charge in [0.05, 0.1) is 17.1 Å². The number of benzene rings is 1. The van der Waals surface area contributed by atoms with E-state index in [4.69, 9.17) is 9.47 Å². The predicted molar refractivity (Wildman–Crippen MR) is 136 cm³/mol. The lowest BCUT2D eigenvalue weighted by atomic mass is 9.89. The van der Waals surface area contributed by atoms with E-state index in [1.807, 2.05) is 31.4 Å². The second-order valence-electron chi connectivity index (χ2n) is 9.77. The van der Waals surface area contributed by atoms with Crippen molar-refractivity contribution >= 4 is 22.8 Å². The van der Waals surface area contributed by atoms with E-state index < -0.39 is 0 Å². The zero-order valence-corrected chi connectivity index (χ0v) is 20.5. The first-order valence-electron chi connectivity index (χ1n) is 12.3. The number of carbonyl (C=O) groups is 1. The summed E-state index contributed by atoms with van der Waals surface area (Å²) >= 11 is 0. The second kappa shape index (κ2) is 9.04. The number of amides is 1. The highest BCUT2D eigenvalue weighted by Crippen LogP contribution is 2.42. The second-order valence-corrected chi connectivity index (χ2v) is 9.77. The molecule has 0 unspecified atom stereocenters. The zero-order valence-electron chi connectivity index (χ0n) is 20.5. The van der Waals surface area contributed by atoms with Crippen LogP contribution in [0.3, 0.4) is 0 Å². The molecule has 0 spiro atoms. The van der Waals surface area contributed by atoms with Gasteiger partial charge in [0.2, 0.25) is 5.91 Å². The van der Waals surface area contributed by atoms with Gasteiger partial charge in [0.15, 0.2) is 5.75 Å². The smallest absolute Gasteiger partial charge is 0.302 e. The Labute approximate surface area is 212 Å². The molecule has 2 aliphatic carbocycles. The van der Waals surface area contributed by atoms with Crippen molar-refractivity contribution in [1.29, 1.82) is 0 Å². The van der Waals surface area contributed by atoms with Crippen molar-refractivity contribution in [2.45, 2.75) is 50.7 Å². The summed E-state index contributed by atoms with van der Waals surface area (Å²) in [5, 5.41) is 12.4. The van der Waals surface area contributed by atoms with E-state index >= 15 is 0 Å². The number of ether oxygens (including phenoxy) is 2. The number of rotatable bonds is 7. The minimum atomic E-state index is -0.355. The molecule has 2 saturated carbocycles. The minimum absolute atomic E-state index is 0.0111. The maximum absolute atomic E-state index is 13.3. The van der Waals surface area contributed by atoms with Gasteiger partial charge in [0.1, 0.15) is 17.3 Å². The van der Waals surface area contributed by atoms with Gasteiger partial charge >= 0.3 is 6.01 Å². The Hall–Kier alpha value is -4.18. The summed E-state index contributed by atoms with van der Waals surface area (Å²) in [7, 11) is 1.82. The van der Waals surface area contributed by atoms with Gasteiger partial charge in [-0.05, 0) is 61.4 Å². The quantitative estimate of drug-likeness (QED) is 0.388. The van der Waals surface area contributed by atoms with Crippen LogP contribution in [0, 0.1) is 0 Å².